The lowest BCUT2D eigenvalue weighted by molar-refractivity contribution is 0.300. The largest absolute Gasteiger partial charge is 0.393 e. The molecule has 0 bridgehead atoms. The van der Waals surface area contributed by atoms with E-state index in [1.807, 2.05) is 6.92 Å². The van der Waals surface area contributed by atoms with E-state index in [4.69, 9.17) is 18.0 Å². The fraction of sp³-hybridized carbons (Fsp3) is 0.889. The van der Waals surface area contributed by atoms with Crippen molar-refractivity contribution < 1.29 is 8.42 Å². The van der Waals surface area contributed by atoms with Crippen molar-refractivity contribution >= 4 is 27.2 Å². The molecule has 2 N–H and O–H groups in total. The Bertz CT molecular complexity index is 327. The van der Waals surface area contributed by atoms with Gasteiger partial charge in [-0.3, -0.25) is 0 Å². The van der Waals surface area contributed by atoms with E-state index in [9.17, 15) is 8.42 Å². The standard InChI is InChI=1S/C9H18N2O2S2/c1-2-8(7-9(10)14)11-5-3-4-6-15(11,12)13/h8H,2-7H2,1H3,(H2,10,14). The quantitative estimate of drug-likeness (QED) is 0.752. The van der Waals surface area contributed by atoms with Gasteiger partial charge in [-0.1, -0.05) is 19.1 Å². The highest BCUT2D eigenvalue weighted by molar-refractivity contribution is 7.89. The van der Waals surface area contributed by atoms with E-state index in [0.29, 0.717) is 18.0 Å². The highest BCUT2D eigenvalue weighted by atomic mass is 32.2. The van der Waals surface area contributed by atoms with Crippen molar-refractivity contribution in [1.29, 1.82) is 0 Å². The number of rotatable bonds is 4. The van der Waals surface area contributed by atoms with Crippen LogP contribution in [0.15, 0.2) is 0 Å². The predicted octanol–water partition coefficient (Wildman–Crippen LogP) is 0.867. The molecule has 0 radical (unpaired) electrons. The highest BCUT2D eigenvalue weighted by Gasteiger charge is 2.31. The summed E-state index contributed by atoms with van der Waals surface area (Å²) in [6.07, 6.45) is 2.96. The molecule has 1 saturated heterocycles. The number of hydrogen-bond donors (Lipinski definition) is 1. The summed E-state index contributed by atoms with van der Waals surface area (Å²) in [5, 5.41) is 0. The van der Waals surface area contributed by atoms with Crippen LogP contribution in [0.3, 0.4) is 0 Å². The van der Waals surface area contributed by atoms with Crippen LogP contribution in [-0.4, -0.2) is 36.1 Å². The summed E-state index contributed by atoms with van der Waals surface area (Å²) in [6, 6.07) is -0.0483. The van der Waals surface area contributed by atoms with Crippen molar-refractivity contribution in [2.75, 3.05) is 12.3 Å². The van der Waals surface area contributed by atoms with Crippen molar-refractivity contribution in [3.63, 3.8) is 0 Å². The maximum absolute atomic E-state index is 11.8. The molecule has 0 aromatic carbocycles. The average Bonchev–Trinajstić information content (AvgIpc) is 2.14. The highest BCUT2D eigenvalue weighted by Crippen LogP contribution is 2.20. The summed E-state index contributed by atoms with van der Waals surface area (Å²) in [5.74, 6) is 0.265. The molecular weight excluding hydrogens is 232 g/mol. The Morgan fingerprint density at radius 1 is 1.53 bits per heavy atom. The zero-order chi connectivity index (χ0) is 11.5. The second kappa shape index (κ2) is 5.23. The minimum atomic E-state index is -3.06. The molecule has 0 aliphatic carbocycles. The van der Waals surface area contributed by atoms with Crippen molar-refractivity contribution in [1.82, 2.24) is 4.31 Å². The van der Waals surface area contributed by atoms with E-state index in [0.717, 1.165) is 19.3 Å². The van der Waals surface area contributed by atoms with Gasteiger partial charge in [-0.15, -0.1) is 0 Å². The van der Waals surface area contributed by atoms with Gasteiger partial charge < -0.3 is 5.73 Å². The summed E-state index contributed by atoms with van der Waals surface area (Å²) < 4.78 is 25.2. The first-order chi connectivity index (χ1) is 6.97. The van der Waals surface area contributed by atoms with Gasteiger partial charge in [0.2, 0.25) is 10.0 Å². The summed E-state index contributed by atoms with van der Waals surface area (Å²) in [5.41, 5.74) is 5.47. The molecular formula is C9H18N2O2S2. The molecule has 0 saturated carbocycles. The van der Waals surface area contributed by atoms with E-state index in [2.05, 4.69) is 0 Å². The molecule has 1 atom stereocenters. The van der Waals surface area contributed by atoms with Crippen LogP contribution in [0.5, 0.6) is 0 Å². The Labute approximate surface area is 96.9 Å². The van der Waals surface area contributed by atoms with Crippen LogP contribution in [0.4, 0.5) is 0 Å². The third-order valence-corrected chi connectivity index (χ3v) is 4.87. The topological polar surface area (TPSA) is 63.4 Å². The first-order valence-corrected chi connectivity index (χ1v) is 7.27. The van der Waals surface area contributed by atoms with E-state index >= 15 is 0 Å². The van der Waals surface area contributed by atoms with Gasteiger partial charge in [0.05, 0.1) is 10.7 Å². The molecule has 4 nitrogen and oxygen atoms in total. The molecule has 0 spiro atoms. The fourth-order valence-corrected chi connectivity index (χ4v) is 3.98. The zero-order valence-electron chi connectivity index (χ0n) is 8.98. The molecule has 0 aromatic rings. The molecule has 6 heteroatoms. The first kappa shape index (κ1) is 12.9. The maximum Gasteiger partial charge on any atom is 0.214 e. The van der Waals surface area contributed by atoms with Crippen LogP contribution in [0, 0.1) is 0 Å². The Morgan fingerprint density at radius 2 is 2.20 bits per heavy atom. The molecule has 1 rings (SSSR count). The van der Waals surface area contributed by atoms with Crippen molar-refractivity contribution in [2.45, 2.75) is 38.6 Å². The summed E-state index contributed by atoms with van der Waals surface area (Å²) in [4.78, 5) is 0.391. The Kier molecular flexibility index (Phi) is 4.48. The Balaban J connectivity index is 2.77. The van der Waals surface area contributed by atoms with Gasteiger partial charge in [0.15, 0.2) is 0 Å². The van der Waals surface area contributed by atoms with Gasteiger partial charge in [0.1, 0.15) is 0 Å². The molecule has 0 aromatic heterocycles. The van der Waals surface area contributed by atoms with Crippen molar-refractivity contribution in [2.24, 2.45) is 5.73 Å². The number of sulfonamides is 1. The normalized spacial score (nSPS) is 23.5. The van der Waals surface area contributed by atoms with Crippen LogP contribution >= 0.6 is 12.2 Å². The van der Waals surface area contributed by atoms with E-state index in [1.54, 1.807) is 4.31 Å². The third-order valence-electron chi connectivity index (χ3n) is 2.70. The molecule has 0 amide bonds. The smallest absolute Gasteiger partial charge is 0.214 e. The predicted molar refractivity (Wildman–Crippen MR) is 65.2 cm³/mol. The average molecular weight is 250 g/mol. The molecule has 1 aliphatic rings. The second-order valence-electron chi connectivity index (χ2n) is 3.87. The third kappa shape index (κ3) is 3.39. The van der Waals surface area contributed by atoms with Gasteiger partial charge in [0, 0.05) is 19.0 Å². The lowest BCUT2D eigenvalue weighted by Crippen LogP contribution is -2.45. The van der Waals surface area contributed by atoms with Crippen LogP contribution in [-0.2, 0) is 10.0 Å². The SMILES string of the molecule is CCC(CC(N)=S)N1CCCCS1(=O)=O. The molecule has 1 unspecified atom stereocenters. The van der Waals surface area contributed by atoms with E-state index in [-0.39, 0.29) is 11.8 Å². The Hall–Kier alpha value is -0.200. The minimum absolute atomic E-state index is 0.0483. The van der Waals surface area contributed by atoms with Crippen molar-refractivity contribution in [3.8, 4) is 0 Å². The summed E-state index contributed by atoms with van der Waals surface area (Å²) >= 11 is 4.84. The van der Waals surface area contributed by atoms with Crippen molar-refractivity contribution in [3.05, 3.63) is 0 Å². The van der Waals surface area contributed by atoms with Crippen LogP contribution < -0.4 is 5.73 Å². The zero-order valence-corrected chi connectivity index (χ0v) is 10.6. The maximum atomic E-state index is 11.8. The van der Waals surface area contributed by atoms with Gasteiger partial charge in [0.25, 0.3) is 0 Å². The van der Waals surface area contributed by atoms with Gasteiger partial charge in [-0.05, 0) is 19.3 Å². The van der Waals surface area contributed by atoms with Gasteiger partial charge in [-0.25, -0.2) is 8.42 Å². The van der Waals surface area contributed by atoms with Crippen LogP contribution in [0.2, 0.25) is 0 Å². The molecule has 1 fully saturated rings. The fourth-order valence-electron chi connectivity index (χ4n) is 1.90. The lowest BCUT2D eigenvalue weighted by Gasteiger charge is -2.33. The van der Waals surface area contributed by atoms with Gasteiger partial charge in [-0.2, -0.15) is 4.31 Å². The van der Waals surface area contributed by atoms with Crippen LogP contribution in [0.1, 0.15) is 32.6 Å². The lowest BCUT2D eigenvalue weighted by atomic mass is 10.1. The summed E-state index contributed by atoms with van der Waals surface area (Å²) in [7, 11) is -3.06. The van der Waals surface area contributed by atoms with E-state index < -0.39 is 10.0 Å². The first-order valence-electron chi connectivity index (χ1n) is 5.25. The van der Waals surface area contributed by atoms with Gasteiger partial charge >= 0.3 is 0 Å². The molecule has 15 heavy (non-hydrogen) atoms. The number of nitrogens with two attached hydrogens (primary N) is 1. The molecule has 1 heterocycles. The molecule has 88 valence electrons. The number of hydrogen-bond acceptors (Lipinski definition) is 3. The van der Waals surface area contributed by atoms with E-state index in [1.165, 1.54) is 0 Å². The summed E-state index contributed by atoms with van der Waals surface area (Å²) in [6.45, 7) is 2.58. The monoisotopic (exact) mass is 250 g/mol. The Morgan fingerprint density at radius 3 is 2.67 bits per heavy atom. The minimum Gasteiger partial charge on any atom is -0.393 e. The number of nitrogens with zero attached hydrogens (tertiary/aromatic N) is 1. The van der Waals surface area contributed by atoms with Crippen LogP contribution in [0.25, 0.3) is 0 Å². The number of thiocarbonyl (C=S) groups is 1. The molecule has 1 aliphatic heterocycles. The second-order valence-corrected chi connectivity index (χ2v) is 6.43.